The van der Waals surface area contributed by atoms with E-state index in [1.54, 1.807) is 16.8 Å². The maximum absolute atomic E-state index is 13.4. The minimum atomic E-state index is -0.373. The molecule has 0 spiro atoms. The number of aromatic amines is 2. The average Bonchev–Trinajstić information content (AvgIpc) is 3.52. The van der Waals surface area contributed by atoms with E-state index in [1.165, 1.54) is 7.05 Å². The molecule has 9 nitrogen and oxygen atoms in total. The Morgan fingerprint density at radius 3 is 2.69 bits per heavy atom. The molecule has 0 saturated carbocycles. The van der Waals surface area contributed by atoms with Crippen molar-refractivity contribution in [1.29, 1.82) is 5.26 Å². The van der Waals surface area contributed by atoms with E-state index in [4.69, 9.17) is 5.10 Å². The second kappa shape index (κ2) is 8.47. The van der Waals surface area contributed by atoms with Crippen LogP contribution in [0.15, 0.2) is 46.1 Å². The van der Waals surface area contributed by atoms with E-state index in [1.807, 2.05) is 43.7 Å². The SMILES string of the molecule is Cc1[nH]c2ccccc2c1Cn1nc2c(c1Cc1cc(C#N)c[nH]1)c(=O)n(C)c(=O)n2CC(C)C. The highest BCUT2D eigenvalue weighted by Crippen LogP contribution is 2.25. The van der Waals surface area contributed by atoms with E-state index in [9.17, 15) is 14.9 Å². The normalized spacial score (nSPS) is 11.7. The maximum Gasteiger partial charge on any atom is 0.332 e. The lowest BCUT2D eigenvalue weighted by Crippen LogP contribution is -2.39. The zero-order valence-corrected chi connectivity index (χ0v) is 20.2. The number of nitriles is 1. The summed E-state index contributed by atoms with van der Waals surface area (Å²) in [7, 11) is 1.51. The van der Waals surface area contributed by atoms with Gasteiger partial charge in [0.1, 0.15) is 11.5 Å². The first-order valence-electron chi connectivity index (χ1n) is 11.6. The summed E-state index contributed by atoms with van der Waals surface area (Å²) in [6.07, 6.45) is 2.02. The average molecular weight is 470 g/mol. The highest BCUT2D eigenvalue weighted by molar-refractivity contribution is 5.85. The minimum absolute atomic E-state index is 0.194. The Morgan fingerprint density at radius 1 is 1.20 bits per heavy atom. The smallest absolute Gasteiger partial charge is 0.332 e. The van der Waals surface area contributed by atoms with Gasteiger partial charge in [-0.3, -0.25) is 18.6 Å². The maximum atomic E-state index is 13.4. The molecule has 0 aliphatic heterocycles. The van der Waals surface area contributed by atoms with Gasteiger partial charge in [-0.2, -0.15) is 10.4 Å². The standard InChI is InChI=1S/C26H27N7O2/c1-15(2)13-32-24-23(25(34)31(4)26(32)35)22(10-18-9-17(11-27)12-28-18)33(30-24)14-20-16(3)29-21-8-6-5-7-19(20)21/h5-9,12,15,28-29H,10,13-14H2,1-4H3. The largest absolute Gasteiger partial charge is 0.363 e. The number of para-hydroxylation sites is 1. The summed E-state index contributed by atoms with van der Waals surface area (Å²) < 4.78 is 4.59. The summed E-state index contributed by atoms with van der Waals surface area (Å²) in [4.78, 5) is 33.0. The molecule has 0 aliphatic carbocycles. The molecule has 1 aromatic carbocycles. The molecule has 0 saturated heterocycles. The van der Waals surface area contributed by atoms with Crippen molar-refractivity contribution >= 4 is 21.9 Å². The van der Waals surface area contributed by atoms with Crippen molar-refractivity contribution in [3.8, 4) is 6.07 Å². The van der Waals surface area contributed by atoms with Gasteiger partial charge >= 0.3 is 5.69 Å². The third kappa shape index (κ3) is 3.77. The number of aryl methyl sites for hydroxylation is 1. The Bertz CT molecular complexity index is 1730. The van der Waals surface area contributed by atoms with Gasteiger partial charge in [-0.25, -0.2) is 4.79 Å². The fraction of sp³-hybridized carbons (Fsp3) is 0.308. The van der Waals surface area contributed by atoms with Gasteiger partial charge in [0.25, 0.3) is 5.56 Å². The van der Waals surface area contributed by atoms with Gasteiger partial charge in [0.2, 0.25) is 0 Å². The van der Waals surface area contributed by atoms with Crippen LogP contribution in [0.4, 0.5) is 0 Å². The number of rotatable bonds is 6. The highest BCUT2D eigenvalue weighted by Gasteiger charge is 2.23. The summed E-state index contributed by atoms with van der Waals surface area (Å²) in [6, 6.07) is 12.0. The molecule has 4 aromatic heterocycles. The Kier molecular flexibility index (Phi) is 5.44. The molecule has 0 atom stereocenters. The van der Waals surface area contributed by atoms with Gasteiger partial charge in [0.15, 0.2) is 5.65 Å². The number of benzene rings is 1. The lowest BCUT2D eigenvalue weighted by molar-refractivity contribution is 0.497. The van der Waals surface area contributed by atoms with Crippen LogP contribution in [0, 0.1) is 24.2 Å². The summed E-state index contributed by atoms with van der Waals surface area (Å²) in [6.45, 7) is 6.96. The molecule has 2 N–H and O–H groups in total. The molecule has 0 amide bonds. The fourth-order valence-electron chi connectivity index (χ4n) is 4.73. The molecule has 0 unspecified atom stereocenters. The van der Waals surface area contributed by atoms with E-state index in [-0.39, 0.29) is 17.2 Å². The van der Waals surface area contributed by atoms with Crippen LogP contribution in [-0.2, 0) is 26.6 Å². The number of nitrogens with zero attached hydrogens (tertiary/aromatic N) is 5. The summed E-state index contributed by atoms with van der Waals surface area (Å²) in [5.74, 6) is 0.194. The molecular weight excluding hydrogens is 442 g/mol. The quantitative estimate of drug-likeness (QED) is 0.397. The third-order valence-corrected chi connectivity index (χ3v) is 6.44. The first kappa shape index (κ1) is 22.5. The number of H-pyrrole nitrogens is 2. The number of hydrogen-bond donors (Lipinski definition) is 2. The first-order chi connectivity index (χ1) is 16.8. The van der Waals surface area contributed by atoms with Crippen molar-refractivity contribution < 1.29 is 0 Å². The predicted octanol–water partition coefficient (Wildman–Crippen LogP) is 3.18. The molecule has 5 rings (SSSR count). The topological polar surface area (TPSA) is 117 Å². The van der Waals surface area contributed by atoms with Crippen LogP contribution in [0.3, 0.4) is 0 Å². The number of nitrogens with one attached hydrogen (secondary N) is 2. The van der Waals surface area contributed by atoms with Gasteiger partial charge in [-0.05, 0) is 25.0 Å². The van der Waals surface area contributed by atoms with E-state index in [2.05, 4.69) is 22.1 Å². The van der Waals surface area contributed by atoms with Gasteiger partial charge in [0, 0.05) is 54.1 Å². The van der Waals surface area contributed by atoms with Crippen molar-refractivity contribution in [2.24, 2.45) is 13.0 Å². The van der Waals surface area contributed by atoms with Crippen LogP contribution in [-0.4, -0.2) is 28.9 Å². The third-order valence-electron chi connectivity index (χ3n) is 6.44. The molecule has 35 heavy (non-hydrogen) atoms. The Labute approximate surface area is 201 Å². The molecule has 0 radical (unpaired) electrons. The monoisotopic (exact) mass is 469 g/mol. The van der Waals surface area contributed by atoms with Crippen molar-refractivity contribution in [1.82, 2.24) is 28.9 Å². The van der Waals surface area contributed by atoms with Crippen molar-refractivity contribution in [2.45, 2.75) is 40.3 Å². The predicted molar refractivity (Wildman–Crippen MR) is 135 cm³/mol. The number of aromatic nitrogens is 6. The Balaban J connectivity index is 1.77. The molecule has 178 valence electrons. The van der Waals surface area contributed by atoms with Gasteiger partial charge in [-0.15, -0.1) is 0 Å². The summed E-state index contributed by atoms with van der Waals surface area (Å²) >= 11 is 0. The zero-order chi connectivity index (χ0) is 24.9. The second-order valence-corrected chi connectivity index (χ2v) is 9.43. The van der Waals surface area contributed by atoms with Crippen LogP contribution >= 0.6 is 0 Å². The number of fused-ring (bicyclic) bond motifs is 2. The van der Waals surface area contributed by atoms with Gasteiger partial charge < -0.3 is 9.97 Å². The minimum Gasteiger partial charge on any atom is -0.363 e. The molecule has 0 aliphatic rings. The Morgan fingerprint density at radius 2 is 1.97 bits per heavy atom. The van der Waals surface area contributed by atoms with Gasteiger partial charge in [-0.1, -0.05) is 32.0 Å². The Hall–Kier alpha value is -4.32. The van der Waals surface area contributed by atoms with Crippen molar-refractivity contribution in [3.05, 3.63) is 85.6 Å². The summed E-state index contributed by atoms with van der Waals surface area (Å²) in [5, 5.41) is 15.6. The van der Waals surface area contributed by atoms with Gasteiger partial charge in [0.05, 0.1) is 17.8 Å². The van der Waals surface area contributed by atoms with E-state index >= 15 is 0 Å². The highest BCUT2D eigenvalue weighted by atomic mass is 16.2. The van der Waals surface area contributed by atoms with E-state index in [0.29, 0.717) is 41.8 Å². The molecule has 0 fully saturated rings. The molecule has 5 aromatic rings. The van der Waals surface area contributed by atoms with Crippen LogP contribution in [0.5, 0.6) is 0 Å². The molecule has 4 heterocycles. The summed E-state index contributed by atoms with van der Waals surface area (Å²) in [5.41, 5.74) is 4.81. The first-order valence-corrected chi connectivity index (χ1v) is 11.6. The van der Waals surface area contributed by atoms with Crippen LogP contribution in [0.2, 0.25) is 0 Å². The lowest BCUT2D eigenvalue weighted by Gasteiger charge is -2.10. The number of hydrogen-bond acceptors (Lipinski definition) is 4. The van der Waals surface area contributed by atoms with E-state index < -0.39 is 0 Å². The van der Waals surface area contributed by atoms with E-state index in [0.717, 1.165) is 32.4 Å². The molecule has 9 heteroatoms. The molecular formula is C26H27N7O2. The van der Waals surface area contributed by atoms with Crippen molar-refractivity contribution in [2.75, 3.05) is 0 Å². The van der Waals surface area contributed by atoms with Crippen LogP contribution in [0.1, 0.15) is 42.1 Å². The van der Waals surface area contributed by atoms with Crippen LogP contribution in [0.25, 0.3) is 21.9 Å². The second-order valence-electron chi connectivity index (χ2n) is 9.43. The van der Waals surface area contributed by atoms with Crippen LogP contribution < -0.4 is 11.2 Å². The fourth-order valence-corrected chi connectivity index (χ4v) is 4.73. The van der Waals surface area contributed by atoms with Crippen molar-refractivity contribution in [3.63, 3.8) is 0 Å². The zero-order valence-electron chi connectivity index (χ0n) is 20.2. The lowest BCUT2D eigenvalue weighted by atomic mass is 10.1. The molecule has 0 bridgehead atoms.